The first-order chi connectivity index (χ1) is 11.2. The Balaban J connectivity index is 1.61. The van der Waals surface area contributed by atoms with E-state index in [1.807, 2.05) is 41.1 Å². The number of halogens is 1. The Hall–Kier alpha value is -2.24. The van der Waals surface area contributed by atoms with E-state index in [1.165, 1.54) is 6.07 Å². The molecular formula is C18H18FN3O. The van der Waals surface area contributed by atoms with E-state index in [-0.39, 0.29) is 18.0 Å². The molecule has 0 aliphatic carbocycles. The first kappa shape index (κ1) is 14.4. The van der Waals surface area contributed by atoms with Crippen molar-refractivity contribution in [2.24, 2.45) is 0 Å². The number of benzene rings is 1. The Morgan fingerprint density at radius 1 is 1.22 bits per heavy atom. The number of hydrogen-bond donors (Lipinski definition) is 1. The van der Waals surface area contributed by atoms with Gasteiger partial charge in [-0.1, -0.05) is 18.2 Å². The van der Waals surface area contributed by atoms with Gasteiger partial charge in [0.1, 0.15) is 11.5 Å². The van der Waals surface area contributed by atoms with E-state index in [0.717, 1.165) is 16.9 Å². The topological polar surface area (TPSA) is 40.8 Å². The second-order valence-electron chi connectivity index (χ2n) is 6.09. The number of imidazole rings is 1. The fourth-order valence-electron chi connectivity index (χ4n) is 3.39. The zero-order valence-corrected chi connectivity index (χ0v) is 12.6. The van der Waals surface area contributed by atoms with Crippen molar-refractivity contribution in [3.8, 4) is 0 Å². The van der Waals surface area contributed by atoms with Crippen molar-refractivity contribution in [2.75, 3.05) is 6.54 Å². The van der Waals surface area contributed by atoms with Crippen LogP contribution in [0.15, 0.2) is 54.9 Å². The van der Waals surface area contributed by atoms with Gasteiger partial charge >= 0.3 is 0 Å². The molecule has 3 aromatic rings. The van der Waals surface area contributed by atoms with Crippen LogP contribution in [0.25, 0.3) is 5.65 Å². The van der Waals surface area contributed by atoms with Crippen molar-refractivity contribution in [1.29, 1.82) is 0 Å². The van der Waals surface area contributed by atoms with Gasteiger partial charge in [0.05, 0.1) is 11.8 Å². The smallest absolute Gasteiger partial charge is 0.137 e. The predicted octanol–water partition coefficient (Wildman–Crippen LogP) is 2.78. The second-order valence-corrected chi connectivity index (χ2v) is 6.09. The number of aliphatic hydroxyl groups excluding tert-OH is 1. The summed E-state index contributed by atoms with van der Waals surface area (Å²) in [4.78, 5) is 6.78. The first-order valence-electron chi connectivity index (χ1n) is 7.79. The minimum absolute atomic E-state index is 0.0190. The Kier molecular flexibility index (Phi) is 3.59. The number of fused-ring (bicyclic) bond motifs is 1. The maximum atomic E-state index is 13.5. The maximum absolute atomic E-state index is 13.5. The molecule has 23 heavy (non-hydrogen) atoms. The van der Waals surface area contributed by atoms with Gasteiger partial charge in [0.25, 0.3) is 0 Å². The standard InChI is InChI=1S/C18H18FN3O/c19-14-5-3-4-13(8-14)17-9-16(23)12-22(17)11-15-10-21-7-2-1-6-18(21)20-15/h1-8,10,16-17,23H,9,11-12H2/t16-,17+/m0/s1. The van der Waals surface area contributed by atoms with Gasteiger partial charge in [-0.2, -0.15) is 0 Å². The molecule has 118 valence electrons. The minimum Gasteiger partial charge on any atom is -0.392 e. The number of rotatable bonds is 3. The van der Waals surface area contributed by atoms with Crippen molar-refractivity contribution < 1.29 is 9.50 Å². The summed E-state index contributed by atoms with van der Waals surface area (Å²) in [6.45, 7) is 1.22. The fraction of sp³-hybridized carbons (Fsp3) is 0.278. The van der Waals surface area contributed by atoms with Gasteiger partial charge in [0.2, 0.25) is 0 Å². The Morgan fingerprint density at radius 3 is 2.96 bits per heavy atom. The molecule has 2 atom stereocenters. The van der Waals surface area contributed by atoms with Crippen molar-refractivity contribution in [2.45, 2.75) is 25.1 Å². The highest BCUT2D eigenvalue weighted by Crippen LogP contribution is 2.33. The highest BCUT2D eigenvalue weighted by atomic mass is 19.1. The van der Waals surface area contributed by atoms with Crippen LogP contribution in [0, 0.1) is 5.82 Å². The van der Waals surface area contributed by atoms with Crippen molar-refractivity contribution in [1.82, 2.24) is 14.3 Å². The van der Waals surface area contributed by atoms with E-state index >= 15 is 0 Å². The molecule has 4 rings (SSSR count). The van der Waals surface area contributed by atoms with Gasteiger partial charge in [-0.3, -0.25) is 4.90 Å². The van der Waals surface area contributed by atoms with Crippen molar-refractivity contribution in [3.05, 3.63) is 71.9 Å². The summed E-state index contributed by atoms with van der Waals surface area (Å²) in [6, 6.07) is 12.5. The summed E-state index contributed by atoms with van der Waals surface area (Å²) in [7, 11) is 0. The predicted molar refractivity (Wildman–Crippen MR) is 85.4 cm³/mol. The van der Waals surface area contributed by atoms with Gasteiger partial charge in [-0.25, -0.2) is 9.37 Å². The molecule has 0 saturated carbocycles. The third-order valence-corrected chi connectivity index (χ3v) is 4.39. The van der Waals surface area contributed by atoms with E-state index in [1.54, 1.807) is 12.1 Å². The van der Waals surface area contributed by atoms with E-state index in [2.05, 4.69) is 9.88 Å². The van der Waals surface area contributed by atoms with Crippen LogP contribution in [-0.2, 0) is 6.54 Å². The number of likely N-dealkylation sites (tertiary alicyclic amines) is 1. The number of hydrogen-bond acceptors (Lipinski definition) is 3. The number of aliphatic hydroxyl groups is 1. The van der Waals surface area contributed by atoms with E-state index in [0.29, 0.717) is 19.5 Å². The average molecular weight is 311 g/mol. The molecular weight excluding hydrogens is 293 g/mol. The summed E-state index contributed by atoms with van der Waals surface area (Å²) in [5.41, 5.74) is 2.77. The fourth-order valence-corrected chi connectivity index (χ4v) is 3.39. The summed E-state index contributed by atoms with van der Waals surface area (Å²) in [6.07, 6.45) is 4.20. The molecule has 0 radical (unpaired) electrons. The Bertz CT molecular complexity index is 799. The number of β-amino-alcohol motifs (C(OH)–C–C–N with tert-alkyl or cyclic N) is 1. The molecule has 0 amide bonds. The lowest BCUT2D eigenvalue weighted by Crippen LogP contribution is -2.24. The minimum atomic E-state index is -0.389. The normalized spacial score (nSPS) is 22.0. The van der Waals surface area contributed by atoms with Crippen LogP contribution < -0.4 is 0 Å². The lowest BCUT2D eigenvalue weighted by Gasteiger charge is -2.23. The zero-order chi connectivity index (χ0) is 15.8. The van der Waals surface area contributed by atoms with E-state index in [9.17, 15) is 9.50 Å². The molecule has 5 heteroatoms. The summed E-state index contributed by atoms with van der Waals surface area (Å²) < 4.78 is 15.5. The molecule has 0 unspecified atom stereocenters. The van der Waals surface area contributed by atoms with Crippen LogP contribution in [0.4, 0.5) is 4.39 Å². The van der Waals surface area contributed by atoms with Crippen LogP contribution in [0.1, 0.15) is 23.7 Å². The second kappa shape index (κ2) is 5.76. The van der Waals surface area contributed by atoms with E-state index in [4.69, 9.17) is 0 Å². The Morgan fingerprint density at radius 2 is 2.13 bits per heavy atom. The average Bonchev–Trinajstić information content (AvgIpc) is 3.10. The molecule has 4 nitrogen and oxygen atoms in total. The molecule has 0 spiro atoms. The largest absolute Gasteiger partial charge is 0.392 e. The van der Waals surface area contributed by atoms with Gasteiger partial charge in [0, 0.05) is 31.5 Å². The highest BCUT2D eigenvalue weighted by Gasteiger charge is 2.32. The summed E-state index contributed by atoms with van der Waals surface area (Å²) in [5, 5.41) is 10.1. The van der Waals surface area contributed by atoms with Crippen molar-refractivity contribution >= 4 is 5.65 Å². The molecule has 1 aromatic carbocycles. The molecule has 3 heterocycles. The molecule has 1 fully saturated rings. The molecule has 1 saturated heterocycles. The third kappa shape index (κ3) is 2.85. The molecule has 1 aliphatic rings. The lowest BCUT2D eigenvalue weighted by atomic mass is 10.0. The SMILES string of the molecule is O[C@H]1C[C@H](c2cccc(F)c2)N(Cc2cn3ccccc3n2)C1. The number of pyridine rings is 1. The molecule has 1 aliphatic heterocycles. The van der Waals surface area contributed by atoms with E-state index < -0.39 is 0 Å². The highest BCUT2D eigenvalue weighted by molar-refractivity contribution is 5.39. The maximum Gasteiger partial charge on any atom is 0.137 e. The van der Waals surface area contributed by atoms with Crippen molar-refractivity contribution in [3.63, 3.8) is 0 Å². The third-order valence-electron chi connectivity index (χ3n) is 4.39. The van der Waals surface area contributed by atoms with Gasteiger partial charge in [-0.15, -0.1) is 0 Å². The quantitative estimate of drug-likeness (QED) is 0.808. The number of nitrogens with zero attached hydrogens (tertiary/aromatic N) is 3. The Labute approximate surface area is 133 Å². The molecule has 1 N–H and O–H groups in total. The van der Waals surface area contributed by atoms with Crippen LogP contribution in [0.3, 0.4) is 0 Å². The van der Waals surface area contributed by atoms with Crippen LogP contribution in [-0.4, -0.2) is 32.0 Å². The first-order valence-corrected chi connectivity index (χ1v) is 7.79. The summed E-state index contributed by atoms with van der Waals surface area (Å²) in [5.74, 6) is -0.239. The molecule has 0 bridgehead atoms. The van der Waals surface area contributed by atoms with Crippen LogP contribution in [0.5, 0.6) is 0 Å². The lowest BCUT2D eigenvalue weighted by molar-refractivity contribution is 0.172. The molecule has 2 aromatic heterocycles. The van der Waals surface area contributed by atoms with Gasteiger partial charge < -0.3 is 9.51 Å². The van der Waals surface area contributed by atoms with Gasteiger partial charge in [-0.05, 0) is 36.2 Å². The van der Waals surface area contributed by atoms with Crippen LogP contribution >= 0.6 is 0 Å². The summed E-state index contributed by atoms with van der Waals surface area (Å²) >= 11 is 0. The monoisotopic (exact) mass is 311 g/mol. The van der Waals surface area contributed by atoms with Gasteiger partial charge in [0.15, 0.2) is 0 Å². The zero-order valence-electron chi connectivity index (χ0n) is 12.6. The van der Waals surface area contributed by atoms with Crippen LogP contribution in [0.2, 0.25) is 0 Å². The number of aromatic nitrogens is 2.